The topological polar surface area (TPSA) is 63.9 Å². The number of carbonyl (C=O) groups is 1. The second kappa shape index (κ2) is 6.21. The van der Waals surface area contributed by atoms with Gasteiger partial charge in [-0.15, -0.1) is 10.2 Å². The number of likely N-dealkylation sites (tertiary alicyclic amines) is 1. The maximum absolute atomic E-state index is 13.2. The molecule has 7 heteroatoms. The van der Waals surface area contributed by atoms with Gasteiger partial charge >= 0.3 is 0 Å². The van der Waals surface area contributed by atoms with Gasteiger partial charge in [-0.05, 0) is 43.5 Å². The molecule has 1 amide bonds. The first kappa shape index (κ1) is 14.6. The fourth-order valence-corrected chi connectivity index (χ4v) is 2.73. The Bertz CT molecular complexity index is 671. The molecule has 0 radical (unpaired) electrons. The van der Waals surface area contributed by atoms with Crippen LogP contribution in [0.25, 0.3) is 11.4 Å². The van der Waals surface area contributed by atoms with E-state index >= 15 is 0 Å². The van der Waals surface area contributed by atoms with Crippen LogP contribution in [0.4, 0.5) is 4.39 Å². The molecule has 3 rings (SSSR count). The Labute approximate surface area is 127 Å². The number of piperidine rings is 1. The van der Waals surface area contributed by atoms with E-state index < -0.39 is 0 Å². The van der Waals surface area contributed by atoms with Crippen LogP contribution in [0.1, 0.15) is 26.2 Å². The zero-order valence-electron chi connectivity index (χ0n) is 12.4. The predicted octanol–water partition coefficient (Wildman–Crippen LogP) is 1.88. The van der Waals surface area contributed by atoms with Gasteiger partial charge in [0.2, 0.25) is 11.7 Å². The number of aromatic nitrogens is 4. The summed E-state index contributed by atoms with van der Waals surface area (Å²) in [5, 5.41) is 11.9. The van der Waals surface area contributed by atoms with Gasteiger partial charge in [0.15, 0.2) is 0 Å². The lowest BCUT2D eigenvalue weighted by molar-refractivity contribution is -0.135. The molecule has 1 saturated heterocycles. The van der Waals surface area contributed by atoms with Crippen LogP contribution in [0, 0.1) is 5.82 Å². The molecule has 2 heterocycles. The Balaban J connectivity index is 1.70. The molecule has 1 aliphatic heterocycles. The number of rotatable bonds is 3. The number of hydrogen-bond acceptors (Lipinski definition) is 4. The highest BCUT2D eigenvalue weighted by molar-refractivity contribution is 5.76. The Morgan fingerprint density at radius 1 is 1.41 bits per heavy atom. The third-order valence-electron chi connectivity index (χ3n) is 3.94. The van der Waals surface area contributed by atoms with Gasteiger partial charge in [0.25, 0.3) is 0 Å². The minimum atomic E-state index is -0.355. The van der Waals surface area contributed by atoms with Crippen molar-refractivity contribution in [2.24, 2.45) is 0 Å². The molecule has 0 aliphatic carbocycles. The Kier molecular flexibility index (Phi) is 4.13. The maximum Gasteiger partial charge on any atom is 0.246 e. The maximum atomic E-state index is 13.2. The van der Waals surface area contributed by atoms with Gasteiger partial charge in [0.05, 0.1) is 0 Å². The van der Waals surface area contributed by atoms with Gasteiger partial charge in [-0.2, -0.15) is 4.80 Å². The Morgan fingerprint density at radius 3 is 3.05 bits per heavy atom. The highest BCUT2D eigenvalue weighted by Gasteiger charge is 2.23. The highest BCUT2D eigenvalue weighted by atomic mass is 19.1. The van der Waals surface area contributed by atoms with Crippen molar-refractivity contribution in [3.8, 4) is 11.4 Å². The van der Waals surface area contributed by atoms with Crippen molar-refractivity contribution in [3.05, 3.63) is 30.1 Å². The van der Waals surface area contributed by atoms with Gasteiger partial charge < -0.3 is 4.90 Å². The summed E-state index contributed by atoms with van der Waals surface area (Å²) < 4.78 is 13.2. The average Bonchev–Trinajstić information content (AvgIpc) is 2.96. The van der Waals surface area contributed by atoms with E-state index in [0.29, 0.717) is 11.4 Å². The zero-order chi connectivity index (χ0) is 15.5. The van der Waals surface area contributed by atoms with E-state index in [0.717, 1.165) is 25.8 Å². The van der Waals surface area contributed by atoms with E-state index in [1.54, 1.807) is 12.1 Å². The van der Waals surface area contributed by atoms with Crippen molar-refractivity contribution >= 4 is 5.91 Å². The van der Waals surface area contributed by atoms with Crippen LogP contribution in [0.3, 0.4) is 0 Å². The summed E-state index contributed by atoms with van der Waals surface area (Å²) >= 11 is 0. The van der Waals surface area contributed by atoms with Crippen molar-refractivity contribution in [3.63, 3.8) is 0 Å². The summed E-state index contributed by atoms with van der Waals surface area (Å²) in [6.45, 7) is 2.90. The molecule has 1 atom stereocenters. The van der Waals surface area contributed by atoms with E-state index in [4.69, 9.17) is 0 Å². The van der Waals surface area contributed by atoms with E-state index in [1.165, 1.54) is 16.9 Å². The standard InChI is InChI=1S/C15H18FN5O/c1-11-5-2-3-8-20(11)14(22)10-21-18-15(17-19-21)12-6-4-7-13(16)9-12/h4,6-7,9,11H,2-3,5,8,10H2,1H3/t11-/m1/s1. The van der Waals surface area contributed by atoms with Gasteiger partial charge in [0, 0.05) is 18.2 Å². The molecule has 1 aromatic heterocycles. The SMILES string of the molecule is C[C@@H]1CCCCN1C(=O)Cn1nnc(-c2cccc(F)c2)n1. The van der Waals surface area contributed by atoms with Crippen molar-refractivity contribution in [2.75, 3.05) is 6.54 Å². The van der Waals surface area contributed by atoms with E-state index in [2.05, 4.69) is 22.3 Å². The minimum Gasteiger partial charge on any atom is -0.338 e. The number of amides is 1. The fourth-order valence-electron chi connectivity index (χ4n) is 2.73. The summed E-state index contributed by atoms with van der Waals surface area (Å²) in [6, 6.07) is 6.25. The van der Waals surface area contributed by atoms with E-state index in [1.807, 2.05) is 4.90 Å². The predicted molar refractivity (Wildman–Crippen MR) is 78.2 cm³/mol. The molecule has 116 valence electrons. The van der Waals surface area contributed by atoms with E-state index in [9.17, 15) is 9.18 Å². The number of halogens is 1. The molecule has 0 bridgehead atoms. The summed E-state index contributed by atoms with van der Waals surface area (Å²) in [5.74, 6) is -0.0403. The molecular weight excluding hydrogens is 285 g/mol. The zero-order valence-corrected chi connectivity index (χ0v) is 12.4. The van der Waals surface area contributed by atoms with Crippen LogP contribution in [0.2, 0.25) is 0 Å². The summed E-state index contributed by atoms with van der Waals surface area (Å²) in [7, 11) is 0. The summed E-state index contributed by atoms with van der Waals surface area (Å²) in [6.07, 6.45) is 3.23. The number of nitrogens with zero attached hydrogens (tertiary/aromatic N) is 5. The fraction of sp³-hybridized carbons (Fsp3) is 0.467. The highest BCUT2D eigenvalue weighted by Crippen LogP contribution is 2.17. The van der Waals surface area contributed by atoms with Crippen LogP contribution in [0.15, 0.2) is 24.3 Å². The van der Waals surface area contributed by atoms with Gasteiger partial charge in [0.1, 0.15) is 12.4 Å². The van der Waals surface area contributed by atoms with Crippen LogP contribution < -0.4 is 0 Å². The van der Waals surface area contributed by atoms with Gasteiger partial charge in [-0.25, -0.2) is 4.39 Å². The van der Waals surface area contributed by atoms with Crippen LogP contribution in [-0.4, -0.2) is 43.6 Å². The number of carbonyl (C=O) groups excluding carboxylic acids is 1. The molecular formula is C15H18FN5O. The first-order valence-corrected chi connectivity index (χ1v) is 7.47. The molecule has 1 aromatic carbocycles. The molecule has 0 saturated carbocycles. The molecule has 2 aromatic rings. The molecule has 0 N–H and O–H groups in total. The largest absolute Gasteiger partial charge is 0.338 e. The van der Waals surface area contributed by atoms with Gasteiger partial charge in [-0.1, -0.05) is 12.1 Å². The van der Waals surface area contributed by atoms with Crippen molar-refractivity contribution in [2.45, 2.75) is 38.8 Å². The molecule has 0 spiro atoms. The monoisotopic (exact) mass is 303 g/mol. The first-order chi connectivity index (χ1) is 10.6. The lowest BCUT2D eigenvalue weighted by Gasteiger charge is -2.33. The van der Waals surface area contributed by atoms with Crippen LogP contribution in [-0.2, 0) is 11.3 Å². The third-order valence-corrected chi connectivity index (χ3v) is 3.94. The van der Waals surface area contributed by atoms with Crippen molar-refractivity contribution < 1.29 is 9.18 Å². The number of benzene rings is 1. The smallest absolute Gasteiger partial charge is 0.246 e. The lowest BCUT2D eigenvalue weighted by atomic mass is 10.0. The average molecular weight is 303 g/mol. The molecule has 0 unspecified atom stereocenters. The second-order valence-corrected chi connectivity index (χ2v) is 5.59. The van der Waals surface area contributed by atoms with Gasteiger partial charge in [-0.3, -0.25) is 4.79 Å². The molecule has 1 fully saturated rings. The first-order valence-electron chi connectivity index (χ1n) is 7.47. The summed E-state index contributed by atoms with van der Waals surface area (Å²) in [5.41, 5.74) is 0.546. The molecule has 6 nitrogen and oxygen atoms in total. The number of hydrogen-bond donors (Lipinski definition) is 0. The lowest BCUT2D eigenvalue weighted by Crippen LogP contribution is -2.43. The van der Waals surface area contributed by atoms with Crippen LogP contribution in [0.5, 0.6) is 0 Å². The van der Waals surface area contributed by atoms with Crippen LogP contribution >= 0.6 is 0 Å². The molecule has 1 aliphatic rings. The quantitative estimate of drug-likeness (QED) is 0.868. The molecule has 22 heavy (non-hydrogen) atoms. The third kappa shape index (κ3) is 3.13. The minimum absolute atomic E-state index is 0.00427. The van der Waals surface area contributed by atoms with E-state index in [-0.39, 0.29) is 24.3 Å². The van der Waals surface area contributed by atoms with Crippen molar-refractivity contribution in [1.29, 1.82) is 0 Å². The Morgan fingerprint density at radius 2 is 2.27 bits per heavy atom. The normalized spacial score (nSPS) is 18.5. The summed E-state index contributed by atoms with van der Waals surface area (Å²) in [4.78, 5) is 15.5. The second-order valence-electron chi connectivity index (χ2n) is 5.59. The Hall–Kier alpha value is -2.31. The van der Waals surface area contributed by atoms with Crippen molar-refractivity contribution in [1.82, 2.24) is 25.1 Å². The number of tetrazole rings is 1.